The monoisotopic (exact) mass is 529 g/mol. The molecule has 0 unspecified atom stereocenters. The molecule has 3 N–H and O–H groups in total. The number of hydrogen-bond acceptors (Lipinski definition) is 7. The van der Waals surface area contributed by atoms with Crippen LogP contribution in [0.1, 0.15) is 17.3 Å². The summed E-state index contributed by atoms with van der Waals surface area (Å²) in [6.45, 7) is 1.91. The normalized spacial score (nSPS) is 10.8. The number of nitrogen functional groups attached to an aromatic ring is 1. The zero-order valence-corrected chi connectivity index (χ0v) is 20.2. The van der Waals surface area contributed by atoms with E-state index in [1.54, 1.807) is 6.92 Å². The molecule has 4 rings (SSSR count). The summed E-state index contributed by atoms with van der Waals surface area (Å²) in [6.07, 6.45) is 2.64. The van der Waals surface area contributed by atoms with Gasteiger partial charge in [0.15, 0.2) is 0 Å². The lowest BCUT2D eigenvalue weighted by atomic mass is 10.2. The predicted octanol–water partition coefficient (Wildman–Crippen LogP) is 4.94. The molecule has 0 aliphatic rings. The van der Waals surface area contributed by atoms with Crippen molar-refractivity contribution in [2.75, 3.05) is 17.7 Å². The molecule has 2 aromatic carbocycles. The van der Waals surface area contributed by atoms with Crippen LogP contribution >= 0.6 is 23.4 Å². The van der Waals surface area contributed by atoms with Gasteiger partial charge in [-0.25, -0.2) is 18.7 Å². The maximum atomic E-state index is 14.8. The van der Waals surface area contributed by atoms with Crippen LogP contribution in [0.15, 0.2) is 75.8 Å². The third-order valence-corrected chi connectivity index (χ3v) is 6.41. The van der Waals surface area contributed by atoms with Gasteiger partial charge in [0.1, 0.15) is 45.1 Å². The third kappa shape index (κ3) is 5.31. The van der Waals surface area contributed by atoms with Gasteiger partial charge in [0.05, 0.1) is 6.61 Å². The molecular weight excluding hydrogens is 512 g/mol. The van der Waals surface area contributed by atoms with Crippen molar-refractivity contribution in [2.24, 2.45) is 0 Å². The van der Waals surface area contributed by atoms with Gasteiger partial charge in [-0.2, -0.15) is 0 Å². The van der Waals surface area contributed by atoms with Crippen LogP contribution in [-0.4, -0.2) is 27.0 Å². The van der Waals surface area contributed by atoms with E-state index in [4.69, 9.17) is 22.1 Å². The molecule has 2 aromatic heterocycles. The van der Waals surface area contributed by atoms with Crippen molar-refractivity contribution >= 4 is 40.8 Å². The molecule has 0 spiro atoms. The highest BCUT2D eigenvalue weighted by Gasteiger charge is 2.21. The number of hydrogen-bond donors (Lipinski definition) is 2. The average Bonchev–Trinajstić information content (AvgIpc) is 2.84. The first-order valence-corrected chi connectivity index (χ1v) is 11.7. The molecule has 8 nitrogen and oxygen atoms in total. The number of nitrogens with zero attached hydrogens (tertiary/aromatic N) is 3. The van der Waals surface area contributed by atoms with E-state index >= 15 is 0 Å². The number of anilines is 2. The first-order valence-electron chi connectivity index (χ1n) is 10.5. The number of carbonyl (C=O) groups is 1. The molecule has 0 saturated heterocycles. The zero-order chi connectivity index (χ0) is 25.8. The van der Waals surface area contributed by atoms with Crippen LogP contribution < -0.4 is 21.3 Å². The number of ether oxygens (including phenoxy) is 1. The van der Waals surface area contributed by atoms with Crippen molar-refractivity contribution in [3.05, 3.63) is 93.6 Å². The molecule has 0 aliphatic heterocycles. The van der Waals surface area contributed by atoms with Crippen molar-refractivity contribution in [1.29, 1.82) is 0 Å². The van der Waals surface area contributed by atoms with Gasteiger partial charge in [0.2, 0.25) is 0 Å². The van der Waals surface area contributed by atoms with E-state index in [2.05, 4.69) is 15.3 Å². The Balaban J connectivity index is 1.63. The lowest BCUT2D eigenvalue weighted by Crippen LogP contribution is -2.29. The summed E-state index contributed by atoms with van der Waals surface area (Å²) in [5.74, 6) is -1.80. The Hall–Kier alpha value is -3.96. The quantitative estimate of drug-likeness (QED) is 0.326. The van der Waals surface area contributed by atoms with Gasteiger partial charge in [-0.05, 0) is 55.5 Å². The van der Waals surface area contributed by atoms with E-state index in [-0.39, 0.29) is 44.4 Å². The van der Waals surface area contributed by atoms with Gasteiger partial charge in [-0.3, -0.25) is 14.2 Å². The second kappa shape index (κ2) is 10.8. The number of halogens is 3. The topological polar surface area (TPSA) is 112 Å². The van der Waals surface area contributed by atoms with Crippen molar-refractivity contribution in [1.82, 2.24) is 14.5 Å². The minimum atomic E-state index is -0.800. The molecule has 12 heteroatoms. The minimum absolute atomic E-state index is 0.0574. The Kier molecular flexibility index (Phi) is 7.51. The summed E-state index contributed by atoms with van der Waals surface area (Å²) in [5, 5.41) is 2.90. The third-order valence-electron chi connectivity index (χ3n) is 4.87. The molecule has 0 fully saturated rings. The number of pyridine rings is 1. The van der Waals surface area contributed by atoms with Gasteiger partial charge in [0.25, 0.3) is 11.5 Å². The SMILES string of the molecule is CCOc1ccn(-c2ccc(F)cc2)c(=O)c1C(=O)Nc1ccc(Sc2ncnc(N)c2Cl)c(F)c1. The van der Waals surface area contributed by atoms with Gasteiger partial charge in [-0.15, -0.1) is 0 Å². The highest BCUT2D eigenvalue weighted by molar-refractivity contribution is 7.99. The van der Waals surface area contributed by atoms with Crippen LogP contribution in [0.3, 0.4) is 0 Å². The number of carbonyl (C=O) groups excluding carboxylic acids is 1. The van der Waals surface area contributed by atoms with Crippen LogP contribution in [0, 0.1) is 11.6 Å². The summed E-state index contributed by atoms with van der Waals surface area (Å²) in [4.78, 5) is 34.2. The van der Waals surface area contributed by atoms with Crippen molar-refractivity contribution in [3.8, 4) is 11.4 Å². The minimum Gasteiger partial charge on any atom is -0.493 e. The lowest BCUT2D eigenvalue weighted by Gasteiger charge is -2.14. The number of rotatable bonds is 7. The molecular formula is C24H18ClF2N5O3S. The molecule has 4 aromatic rings. The van der Waals surface area contributed by atoms with E-state index < -0.39 is 23.1 Å². The van der Waals surface area contributed by atoms with Crippen LogP contribution in [-0.2, 0) is 0 Å². The molecule has 0 aliphatic carbocycles. The van der Waals surface area contributed by atoms with Gasteiger partial charge in [-0.1, -0.05) is 23.4 Å². The fourth-order valence-electron chi connectivity index (χ4n) is 3.21. The number of nitrogens with two attached hydrogens (primary N) is 1. The van der Waals surface area contributed by atoms with E-state index in [0.717, 1.165) is 17.8 Å². The Morgan fingerprint density at radius 1 is 1.17 bits per heavy atom. The molecule has 0 bridgehead atoms. The van der Waals surface area contributed by atoms with Crippen LogP contribution in [0.5, 0.6) is 5.75 Å². The fourth-order valence-corrected chi connectivity index (χ4v) is 4.21. The summed E-state index contributed by atoms with van der Waals surface area (Å²) in [7, 11) is 0. The highest BCUT2D eigenvalue weighted by Crippen LogP contribution is 2.35. The van der Waals surface area contributed by atoms with E-state index in [9.17, 15) is 18.4 Å². The van der Waals surface area contributed by atoms with Crippen LogP contribution in [0.4, 0.5) is 20.3 Å². The molecule has 36 heavy (non-hydrogen) atoms. The first kappa shape index (κ1) is 25.1. The summed E-state index contributed by atoms with van der Waals surface area (Å²) in [6, 6.07) is 10.6. The van der Waals surface area contributed by atoms with Crippen molar-refractivity contribution < 1.29 is 18.3 Å². The van der Waals surface area contributed by atoms with Crippen molar-refractivity contribution in [2.45, 2.75) is 16.8 Å². The number of nitrogens with one attached hydrogen (secondary N) is 1. The molecule has 0 radical (unpaired) electrons. The molecule has 2 heterocycles. The highest BCUT2D eigenvalue weighted by atomic mass is 35.5. The smallest absolute Gasteiger partial charge is 0.271 e. The molecule has 0 saturated carbocycles. The molecule has 184 valence electrons. The first-order chi connectivity index (χ1) is 17.3. The second-order valence-electron chi connectivity index (χ2n) is 7.22. The van der Waals surface area contributed by atoms with Gasteiger partial charge < -0.3 is 15.8 Å². The number of benzene rings is 2. The number of aromatic nitrogens is 3. The molecule has 0 atom stereocenters. The van der Waals surface area contributed by atoms with Crippen LogP contribution in [0.2, 0.25) is 5.02 Å². The van der Waals surface area contributed by atoms with E-state index in [1.165, 1.54) is 59.6 Å². The Labute approximate surface area is 213 Å². The molecule has 1 amide bonds. The van der Waals surface area contributed by atoms with Gasteiger partial charge in [0, 0.05) is 22.5 Å². The van der Waals surface area contributed by atoms with Gasteiger partial charge >= 0.3 is 0 Å². The van der Waals surface area contributed by atoms with Crippen molar-refractivity contribution in [3.63, 3.8) is 0 Å². The second-order valence-corrected chi connectivity index (χ2v) is 8.63. The summed E-state index contributed by atoms with van der Waals surface area (Å²) >= 11 is 7.01. The Morgan fingerprint density at radius 2 is 1.92 bits per heavy atom. The predicted molar refractivity (Wildman–Crippen MR) is 133 cm³/mol. The lowest BCUT2D eigenvalue weighted by molar-refractivity contribution is 0.102. The Morgan fingerprint density at radius 3 is 2.61 bits per heavy atom. The fraction of sp³-hybridized carbons (Fsp3) is 0.0833. The maximum Gasteiger partial charge on any atom is 0.271 e. The summed E-state index contributed by atoms with van der Waals surface area (Å²) in [5.41, 5.74) is 5.14. The number of amides is 1. The summed E-state index contributed by atoms with van der Waals surface area (Å²) < 4.78 is 34.8. The van der Waals surface area contributed by atoms with Crippen LogP contribution in [0.25, 0.3) is 5.69 Å². The average molecular weight is 530 g/mol. The van der Waals surface area contributed by atoms with E-state index in [1.807, 2.05) is 0 Å². The largest absolute Gasteiger partial charge is 0.493 e. The Bertz CT molecular complexity index is 1500. The standard InChI is InChI=1S/C24H18ClF2N5O3S/c1-2-35-17-9-10-32(15-6-3-13(26)4-7-15)24(34)19(17)22(33)31-14-5-8-18(16(27)11-14)36-23-20(25)21(28)29-12-30-23/h3-12H,2H2,1H3,(H,31,33)(H2,28,29,30). The maximum absolute atomic E-state index is 14.8. The van der Waals surface area contributed by atoms with E-state index in [0.29, 0.717) is 5.69 Å². The zero-order valence-electron chi connectivity index (χ0n) is 18.7.